The van der Waals surface area contributed by atoms with Crippen molar-refractivity contribution in [1.82, 2.24) is 4.57 Å². The molecule has 1 saturated heterocycles. The van der Waals surface area contributed by atoms with E-state index in [0.717, 1.165) is 19.0 Å². The summed E-state index contributed by atoms with van der Waals surface area (Å²) >= 11 is 0. The van der Waals surface area contributed by atoms with Crippen molar-refractivity contribution in [3.63, 3.8) is 0 Å². The van der Waals surface area contributed by atoms with E-state index in [1.54, 1.807) is 4.90 Å². The first-order valence-electron chi connectivity index (χ1n) is 9.31. The largest absolute Gasteiger partial charge is 0.477 e. The highest BCUT2D eigenvalue weighted by Crippen LogP contribution is 2.42. The molecule has 1 aliphatic heterocycles. The Morgan fingerprint density at radius 1 is 1.29 bits per heavy atom. The molecule has 9 heteroatoms. The number of benzene rings is 1. The summed E-state index contributed by atoms with van der Waals surface area (Å²) in [6.45, 7) is 2.66. The smallest absolute Gasteiger partial charge is 0.341 e. The summed E-state index contributed by atoms with van der Waals surface area (Å²) in [7, 11) is 0. The monoisotopic (exact) mass is 392 g/mol. The van der Waals surface area contributed by atoms with Crippen molar-refractivity contribution < 1.29 is 18.7 Å². The number of carbonyl (C=O) groups is 1. The van der Waals surface area contributed by atoms with Crippen LogP contribution < -0.4 is 21.8 Å². The van der Waals surface area contributed by atoms with E-state index in [0.29, 0.717) is 19.5 Å². The zero-order chi connectivity index (χ0) is 20.3. The van der Waals surface area contributed by atoms with Gasteiger partial charge < -0.3 is 26.0 Å². The number of nitrogen functional groups attached to an aromatic ring is 1. The van der Waals surface area contributed by atoms with Crippen LogP contribution in [-0.4, -0.2) is 34.8 Å². The number of pyridine rings is 1. The molecule has 2 aliphatic rings. The second-order valence-corrected chi connectivity index (χ2v) is 7.78. The highest BCUT2D eigenvalue weighted by atomic mass is 19.1. The molecular weight excluding hydrogens is 370 g/mol. The lowest BCUT2D eigenvalue weighted by atomic mass is 10.0. The number of hydrogen-bond acceptors (Lipinski definition) is 5. The molecule has 1 aromatic heterocycles. The number of fused-ring (bicyclic) bond motifs is 1. The van der Waals surface area contributed by atoms with Crippen LogP contribution in [-0.2, 0) is 0 Å². The van der Waals surface area contributed by atoms with Gasteiger partial charge in [-0.2, -0.15) is 0 Å². The molecule has 5 N–H and O–H groups in total. The van der Waals surface area contributed by atoms with Crippen LogP contribution in [0.2, 0.25) is 0 Å². The summed E-state index contributed by atoms with van der Waals surface area (Å²) < 4.78 is 32.1. The third-order valence-electron chi connectivity index (χ3n) is 5.82. The van der Waals surface area contributed by atoms with Gasteiger partial charge in [-0.25, -0.2) is 13.6 Å². The van der Waals surface area contributed by atoms with Crippen LogP contribution in [0.15, 0.2) is 11.0 Å². The number of aromatic carboxylic acids is 1. The molecule has 0 amide bonds. The second kappa shape index (κ2) is 6.44. The maximum absolute atomic E-state index is 15.6. The molecule has 2 unspecified atom stereocenters. The fourth-order valence-corrected chi connectivity index (χ4v) is 4.04. The topological polar surface area (TPSA) is 115 Å². The van der Waals surface area contributed by atoms with Crippen molar-refractivity contribution in [2.24, 2.45) is 11.7 Å². The third-order valence-corrected chi connectivity index (χ3v) is 5.82. The van der Waals surface area contributed by atoms with Gasteiger partial charge in [-0.1, -0.05) is 0 Å². The number of aromatic nitrogens is 1. The second-order valence-electron chi connectivity index (χ2n) is 7.78. The quantitative estimate of drug-likeness (QED) is 0.687. The fraction of sp³-hybridized carbons (Fsp3) is 0.474. The van der Waals surface area contributed by atoms with E-state index >= 15 is 8.78 Å². The standard InChI is InChI=1S/C19H22F2N4O3/c1-8(22)9-4-5-24(6-9)17-13(20)15(23)12-16(14(17)21)25(10-2-3-10)7-11(18(12)26)19(27)28/h7-10H,2-6,22-23H2,1H3,(H,27,28). The van der Waals surface area contributed by atoms with Crippen molar-refractivity contribution in [3.8, 4) is 0 Å². The van der Waals surface area contributed by atoms with Gasteiger partial charge in [-0.05, 0) is 32.1 Å². The van der Waals surface area contributed by atoms with Crippen LogP contribution in [0.5, 0.6) is 0 Å². The predicted molar refractivity (Wildman–Crippen MR) is 102 cm³/mol. The van der Waals surface area contributed by atoms with Crippen LogP contribution in [0.25, 0.3) is 10.9 Å². The van der Waals surface area contributed by atoms with Crippen molar-refractivity contribution in [2.45, 2.75) is 38.3 Å². The molecule has 1 saturated carbocycles. The number of hydrogen-bond donors (Lipinski definition) is 3. The lowest BCUT2D eigenvalue weighted by Crippen LogP contribution is -2.31. The third kappa shape index (κ3) is 2.72. The number of carboxylic acids is 1. The molecule has 2 aromatic rings. The number of carboxylic acid groups (broad SMARTS) is 1. The van der Waals surface area contributed by atoms with Gasteiger partial charge in [0.15, 0.2) is 11.6 Å². The van der Waals surface area contributed by atoms with Gasteiger partial charge in [0, 0.05) is 31.4 Å². The Bertz CT molecular complexity index is 1050. The average Bonchev–Trinajstić information content (AvgIpc) is 3.36. The SMILES string of the molecule is CC(N)C1CCN(c2c(F)c(N)c3c(=O)c(C(=O)O)cn(C4CC4)c3c2F)C1. The molecular formula is C19H22F2N4O3. The maximum atomic E-state index is 15.6. The molecule has 2 atom stereocenters. The van der Waals surface area contributed by atoms with Crippen LogP contribution in [0, 0.1) is 17.6 Å². The zero-order valence-electron chi connectivity index (χ0n) is 15.4. The maximum Gasteiger partial charge on any atom is 0.341 e. The molecule has 2 heterocycles. The van der Waals surface area contributed by atoms with Gasteiger partial charge in [0.25, 0.3) is 0 Å². The summed E-state index contributed by atoms with van der Waals surface area (Å²) in [5.41, 5.74) is 9.40. The molecule has 28 heavy (non-hydrogen) atoms. The first-order valence-corrected chi connectivity index (χ1v) is 9.31. The van der Waals surface area contributed by atoms with Crippen molar-refractivity contribution in [3.05, 3.63) is 33.6 Å². The van der Waals surface area contributed by atoms with E-state index in [9.17, 15) is 14.7 Å². The minimum absolute atomic E-state index is 0.0933. The van der Waals surface area contributed by atoms with Gasteiger partial charge in [0.1, 0.15) is 11.3 Å². The summed E-state index contributed by atoms with van der Waals surface area (Å²) in [5, 5.41) is 8.92. The molecule has 0 radical (unpaired) electrons. The van der Waals surface area contributed by atoms with Crippen LogP contribution in [0.1, 0.15) is 42.6 Å². The van der Waals surface area contributed by atoms with E-state index in [4.69, 9.17) is 11.5 Å². The highest BCUT2D eigenvalue weighted by molar-refractivity contribution is 5.99. The summed E-state index contributed by atoms with van der Waals surface area (Å²) in [5.74, 6) is -3.27. The first kappa shape index (κ1) is 18.7. The fourth-order valence-electron chi connectivity index (χ4n) is 4.04. The van der Waals surface area contributed by atoms with Crippen molar-refractivity contribution in [1.29, 1.82) is 0 Å². The molecule has 1 aromatic carbocycles. The van der Waals surface area contributed by atoms with Gasteiger partial charge >= 0.3 is 5.97 Å². The van der Waals surface area contributed by atoms with Gasteiger partial charge in [0.2, 0.25) is 5.43 Å². The molecule has 4 rings (SSSR count). The summed E-state index contributed by atoms with van der Waals surface area (Å²) in [4.78, 5) is 25.7. The lowest BCUT2D eigenvalue weighted by Gasteiger charge is -2.24. The summed E-state index contributed by atoms with van der Waals surface area (Å²) in [6.07, 6.45) is 3.28. The Hall–Kier alpha value is -2.68. The molecule has 1 aliphatic carbocycles. The van der Waals surface area contributed by atoms with Gasteiger partial charge in [0.05, 0.1) is 16.6 Å². The number of anilines is 2. The Labute approximate surface area is 159 Å². The Morgan fingerprint density at radius 3 is 2.50 bits per heavy atom. The minimum Gasteiger partial charge on any atom is -0.477 e. The zero-order valence-corrected chi connectivity index (χ0v) is 15.4. The Morgan fingerprint density at radius 2 is 1.96 bits per heavy atom. The lowest BCUT2D eigenvalue weighted by molar-refractivity contribution is 0.0695. The normalized spacial score (nSPS) is 20.7. The minimum atomic E-state index is -1.45. The van der Waals surface area contributed by atoms with Crippen LogP contribution >= 0.6 is 0 Å². The average molecular weight is 392 g/mol. The number of halogens is 2. The Balaban J connectivity index is 2.00. The molecule has 7 nitrogen and oxygen atoms in total. The van der Waals surface area contributed by atoms with E-state index in [1.807, 2.05) is 6.92 Å². The van der Waals surface area contributed by atoms with Crippen LogP contribution in [0.3, 0.4) is 0 Å². The predicted octanol–water partition coefficient (Wildman–Crippen LogP) is 2.07. The van der Waals surface area contributed by atoms with E-state index in [1.165, 1.54) is 4.57 Å². The Kier molecular flexibility index (Phi) is 4.29. The van der Waals surface area contributed by atoms with E-state index in [2.05, 4.69) is 0 Å². The van der Waals surface area contributed by atoms with Crippen molar-refractivity contribution >= 4 is 28.2 Å². The molecule has 150 valence electrons. The number of rotatable bonds is 4. The highest BCUT2D eigenvalue weighted by Gasteiger charge is 2.35. The number of nitrogens with zero attached hydrogens (tertiary/aromatic N) is 2. The van der Waals surface area contributed by atoms with Crippen molar-refractivity contribution in [2.75, 3.05) is 23.7 Å². The van der Waals surface area contributed by atoms with Gasteiger partial charge in [-0.3, -0.25) is 4.79 Å². The van der Waals surface area contributed by atoms with E-state index in [-0.39, 0.29) is 29.2 Å². The molecule has 0 bridgehead atoms. The molecule has 2 fully saturated rings. The number of nitrogens with two attached hydrogens (primary N) is 2. The van der Waals surface area contributed by atoms with E-state index < -0.39 is 39.7 Å². The summed E-state index contributed by atoms with van der Waals surface area (Å²) in [6, 6.07) is -0.250. The van der Waals surface area contributed by atoms with Gasteiger partial charge in [-0.15, -0.1) is 0 Å². The molecule has 0 spiro atoms. The first-order chi connectivity index (χ1) is 13.2. The van der Waals surface area contributed by atoms with Crippen LogP contribution in [0.4, 0.5) is 20.2 Å².